The van der Waals surface area contributed by atoms with Gasteiger partial charge in [0.15, 0.2) is 40.2 Å². The Hall–Kier alpha value is -4.56. The summed E-state index contributed by atoms with van der Waals surface area (Å²) in [5, 5.41) is 31.0. The van der Waals surface area contributed by atoms with Gasteiger partial charge in [0.2, 0.25) is 0 Å². The number of ketones is 2. The molecule has 8 nitrogen and oxygen atoms in total. The smallest absolute Gasteiger partial charge is 0.182 e. The average molecular weight is 603 g/mol. The van der Waals surface area contributed by atoms with Crippen LogP contribution < -0.4 is 14.2 Å². The molecule has 1 aliphatic carbocycles. The lowest BCUT2D eigenvalue weighted by Gasteiger charge is -2.39. The fraction of sp³-hybridized carbons (Fsp3) is 0.333. The van der Waals surface area contributed by atoms with Gasteiger partial charge in [-0.15, -0.1) is 0 Å². The lowest BCUT2D eigenvalue weighted by molar-refractivity contribution is -0.116. The van der Waals surface area contributed by atoms with E-state index in [1.54, 1.807) is 48.6 Å². The summed E-state index contributed by atoms with van der Waals surface area (Å²) >= 11 is 0. The Balaban J connectivity index is 1.66. The number of phenolic OH excluding ortho intramolecular Hbond substituents is 1. The first-order valence-corrected chi connectivity index (χ1v) is 14.4. The summed E-state index contributed by atoms with van der Waals surface area (Å²) in [7, 11) is 2.95. The van der Waals surface area contributed by atoms with Crippen LogP contribution in [-0.2, 0) is 9.59 Å². The molecule has 0 amide bonds. The summed E-state index contributed by atoms with van der Waals surface area (Å²) in [6.07, 6.45) is 12.6. The normalized spacial score (nSPS) is 20.8. The van der Waals surface area contributed by atoms with Crippen LogP contribution in [0.3, 0.4) is 0 Å². The Morgan fingerprint density at radius 2 is 1.61 bits per heavy atom. The number of ether oxygens (including phenoxy) is 3. The molecule has 3 rings (SSSR count). The summed E-state index contributed by atoms with van der Waals surface area (Å²) in [6.45, 7) is 7.63. The number of benzene rings is 2. The molecule has 0 bridgehead atoms. The van der Waals surface area contributed by atoms with E-state index in [2.05, 4.69) is 0 Å². The van der Waals surface area contributed by atoms with Crippen LogP contribution >= 0.6 is 0 Å². The molecule has 234 valence electrons. The second-order valence-corrected chi connectivity index (χ2v) is 11.4. The van der Waals surface area contributed by atoms with Crippen LogP contribution in [0.4, 0.5) is 0 Å². The van der Waals surface area contributed by atoms with Gasteiger partial charge in [-0.3, -0.25) is 9.59 Å². The van der Waals surface area contributed by atoms with E-state index < -0.39 is 17.5 Å². The number of methoxy groups -OCH3 is 2. The van der Waals surface area contributed by atoms with E-state index in [1.165, 1.54) is 32.4 Å². The third-order valence-corrected chi connectivity index (χ3v) is 7.43. The van der Waals surface area contributed by atoms with Crippen molar-refractivity contribution in [1.82, 2.24) is 0 Å². The number of hydrogen-bond donors (Lipinski definition) is 3. The third-order valence-electron chi connectivity index (χ3n) is 7.43. The first kappa shape index (κ1) is 33.9. The molecule has 8 heteroatoms. The molecule has 3 N–H and O–H groups in total. The molecule has 44 heavy (non-hydrogen) atoms. The topological polar surface area (TPSA) is 123 Å². The second-order valence-electron chi connectivity index (χ2n) is 11.4. The zero-order valence-electron chi connectivity index (χ0n) is 26.1. The maximum absolute atomic E-state index is 12.3. The molecule has 0 saturated carbocycles. The predicted molar refractivity (Wildman–Crippen MR) is 172 cm³/mol. The number of carbonyl (C=O) groups is 2. The maximum atomic E-state index is 12.3. The van der Waals surface area contributed by atoms with Crippen molar-refractivity contribution in [2.45, 2.75) is 52.2 Å². The Labute approximate surface area is 259 Å². The molecule has 2 aromatic rings. The second kappa shape index (κ2) is 15.3. The summed E-state index contributed by atoms with van der Waals surface area (Å²) in [5.41, 5.74) is 1.31. The number of carbonyl (C=O) groups excluding carboxylic acids is 2. The highest BCUT2D eigenvalue weighted by molar-refractivity contribution is 6.02. The van der Waals surface area contributed by atoms with Crippen molar-refractivity contribution in [2.75, 3.05) is 14.2 Å². The molecule has 0 spiro atoms. The number of rotatable bonds is 13. The monoisotopic (exact) mass is 602 g/mol. The molecule has 4 atom stereocenters. The van der Waals surface area contributed by atoms with Crippen LogP contribution in [0.25, 0.3) is 12.2 Å². The van der Waals surface area contributed by atoms with Gasteiger partial charge in [-0.05, 0) is 98.7 Å². The average Bonchev–Trinajstić information content (AvgIpc) is 2.97. The lowest BCUT2D eigenvalue weighted by atomic mass is 9.76. The molecule has 0 heterocycles. The Kier molecular flexibility index (Phi) is 11.8. The minimum atomic E-state index is -0.995. The van der Waals surface area contributed by atoms with Gasteiger partial charge in [0.05, 0.1) is 20.3 Å². The van der Waals surface area contributed by atoms with Gasteiger partial charge in [-0.1, -0.05) is 42.9 Å². The molecule has 0 radical (unpaired) electrons. The van der Waals surface area contributed by atoms with Crippen molar-refractivity contribution in [2.24, 2.45) is 11.8 Å². The highest BCUT2D eigenvalue weighted by Crippen LogP contribution is 2.38. The van der Waals surface area contributed by atoms with Crippen LogP contribution in [0, 0.1) is 11.8 Å². The van der Waals surface area contributed by atoms with Crippen LogP contribution in [0.2, 0.25) is 0 Å². The largest absolute Gasteiger partial charge is 0.508 e. The molecule has 0 saturated heterocycles. The van der Waals surface area contributed by atoms with Gasteiger partial charge in [0.25, 0.3) is 0 Å². The van der Waals surface area contributed by atoms with Gasteiger partial charge in [0.1, 0.15) is 5.76 Å². The van der Waals surface area contributed by atoms with Crippen LogP contribution in [0.15, 0.2) is 84.2 Å². The van der Waals surface area contributed by atoms with Crippen molar-refractivity contribution >= 4 is 23.7 Å². The van der Waals surface area contributed by atoms with Crippen molar-refractivity contribution in [3.8, 4) is 23.0 Å². The fourth-order valence-electron chi connectivity index (χ4n) is 4.88. The van der Waals surface area contributed by atoms with Crippen molar-refractivity contribution in [1.29, 1.82) is 0 Å². The number of aromatic hydroxyl groups is 1. The summed E-state index contributed by atoms with van der Waals surface area (Å²) < 4.78 is 16.9. The number of hydrogen-bond acceptors (Lipinski definition) is 8. The SMILES string of the molecule is COc1cc(/C=C/C(=O)/C=C(O)/C=C/c2ccc(O[C@]3(C)C=C[C@@H]([C@@H](C)CC(=O)C=C(C)C)C[C@@H]3O)c(OC)c2)ccc1O. The number of allylic oxidation sites excluding steroid dienone is 6. The standard InChI is InChI=1S/C36H42O8/c1-23(2)17-30(39)18-24(3)27-15-16-36(4,35(41)21-27)44-32-14-10-26(20-34(32)43-6)8-12-29(38)22-28(37)11-7-25-9-13-31(40)33(19-25)42-5/h7-17,19-20,22,24,27,35,38,40-41H,18,21H2,1-6H3/b11-7+,12-8+,29-22-/t24-,27+,35-,36+/m0/s1. The van der Waals surface area contributed by atoms with E-state index in [1.807, 2.05) is 39.8 Å². The molecular weight excluding hydrogens is 560 g/mol. The zero-order chi connectivity index (χ0) is 32.4. The lowest BCUT2D eigenvalue weighted by Crippen LogP contribution is -2.47. The molecule has 0 aliphatic heterocycles. The van der Waals surface area contributed by atoms with Gasteiger partial charge in [-0.25, -0.2) is 0 Å². The van der Waals surface area contributed by atoms with E-state index in [0.717, 1.165) is 11.6 Å². The van der Waals surface area contributed by atoms with Crippen LogP contribution in [0.1, 0.15) is 51.7 Å². The van der Waals surface area contributed by atoms with Crippen molar-refractivity contribution in [3.05, 3.63) is 95.3 Å². The van der Waals surface area contributed by atoms with Crippen molar-refractivity contribution in [3.63, 3.8) is 0 Å². The minimum absolute atomic E-state index is 0.00306. The molecule has 1 aliphatic rings. The van der Waals surface area contributed by atoms with Crippen LogP contribution in [-0.4, -0.2) is 52.8 Å². The molecule has 2 aromatic carbocycles. The molecule has 0 fully saturated rings. The number of aliphatic hydroxyl groups is 2. The van der Waals surface area contributed by atoms with E-state index in [-0.39, 0.29) is 34.9 Å². The van der Waals surface area contributed by atoms with E-state index in [9.17, 15) is 24.9 Å². The van der Waals surface area contributed by atoms with Crippen molar-refractivity contribution < 1.29 is 39.1 Å². The Morgan fingerprint density at radius 3 is 2.25 bits per heavy atom. The highest BCUT2D eigenvalue weighted by atomic mass is 16.5. The number of phenols is 1. The zero-order valence-corrected chi connectivity index (χ0v) is 26.1. The van der Waals surface area contributed by atoms with E-state index in [0.29, 0.717) is 35.5 Å². The van der Waals surface area contributed by atoms with Gasteiger partial charge >= 0.3 is 0 Å². The summed E-state index contributed by atoms with van der Waals surface area (Å²) in [5.74, 6) is 0.701. The van der Waals surface area contributed by atoms with Crippen LogP contribution in [0.5, 0.6) is 23.0 Å². The maximum Gasteiger partial charge on any atom is 0.182 e. The summed E-state index contributed by atoms with van der Waals surface area (Å²) in [6, 6.07) is 9.89. The first-order valence-electron chi connectivity index (χ1n) is 14.4. The Bertz CT molecular complexity index is 1490. The van der Waals surface area contributed by atoms with E-state index >= 15 is 0 Å². The van der Waals surface area contributed by atoms with Gasteiger partial charge in [-0.2, -0.15) is 0 Å². The highest BCUT2D eigenvalue weighted by Gasteiger charge is 2.39. The quantitative estimate of drug-likeness (QED) is 0.0992. The summed E-state index contributed by atoms with van der Waals surface area (Å²) in [4.78, 5) is 24.5. The predicted octanol–water partition coefficient (Wildman–Crippen LogP) is 6.78. The first-order chi connectivity index (χ1) is 20.8. The Morgan fingerprint density at radius 1 is 0.977 bits per heavy atom. The third kappa shape index (κ3) is 9.47. The number of aliphatic hydroxyl groups excluding tert-OH is 2. The fourth-order valence-corrected chi connectivity index (χ4v) is 4.88. The van der Waals surface area contributed by atoms with Gasteiger partial charge < -0.3 is 29.5 Å². The molecule has 0 unspecified atom stereocenters. The molecule has 0 aromatic heterocycles. The van der Waals surface area contributed by atoms with E-state index in [4.69, 9.17) is 14.2 Å². The minimum Gasteiger partial charge on any atom is -0.508 e. The molecular formula is C36H42O8. The van der Waals surface area contributed by atoms with Gasteiger partial charge in [0, 0.05) is 12.5 Å².